The summed E-state index contributed by atoms with van der Waals surface area (Å²) in [6.07, 6.45) is -8.84. The molecule has 2 aliphatic rings. The van der Waals surface area contributed by atoms with Crippen LogP contribution < -0.4 is 18.9 Å². The third-order valence-electron chi connectivity index (χ3n) is 7.04. The van der Waals surface area contributed by atoms with Crippen LogP contribution in [0.1, 0.15) is 52.0 Å². The number of rotatable bonds is 7. The summed E-state index contributed by atoms with van der Waals surface area (Å²) >= 11 is 0. The molecule has 2 aromatic carbocycles. The quantitative estimate of drug-likeness (QED) is 0.249. The molecule has 1 N–H and O–H groups in total. The number of benzene rings is 2. The third-order valence-corrected chi connectivity index (χ3v) is 7.04. The van der Waals surface area contributed by atoms with E-state index in [1.165, 1.54) is 60.8 Å². The van der Waals surface area contributed by atoms with Crippen molar-refractivity contribution in [1.29, 1.82) is 0 Å². The Labute approximate surface area is 246 Å². The van der Waals surface area contributed by atoms with E-state index in [2.05, 4.69) is 19.6 Å². The number of likely N-dealkylation sites (N-methyl/N-ethyl adjacent to an activating group) is 1. The van der Waals surface area contributed by atoms with Crippen LogP contribution >= 0.6 is 0 Å². The minimum absolute atomic E-state index is 0.0282. The zero-order valence-electron chi connectivity index (χ0n) is 23.0. The molecule has 10 nitrogen and oxygen atoms in total. The van der Waals surface area contributed by atoms with Gasteiger partial charge < -0.3 is 24.1 Å². The minimum atomic E-state index is -4.77. The first-order valence-corrected chi connectivity index (χ1v) is 13.2. The van der Waals surface area contributed by atoms with Crippen molar-refractivity contribution >= 4 is 5.97 Å². The van der Waals surface area contributed by atoms with E-state index in [1.54, 1.807) is 18.9 Å². The predicted molar refractivity (Wildman–Crippen MR) is 141 cm³/mol. The van der Waals surface area contributed by atoms with Gasteiger partial charge in [-0.15, -0.1) is 8.78 Å². The third kappa shape index (κ3) is 5.69. The normalized spacial score (nSPS) is 18.0. The molecule has 0 unspecified atom stereocenters. The highest BCUT2D eigenvalue weighted by molar-refractivity contribution is 5.87. The van der Waals surface area contributed by atoms with Gasteiger partial charge in [0.2, 0.25) is 5.88 Å². The molecule has 2 atom stereocenters. The molecule has 0 radical (unpaired) electrons. The van der Waals surface area contributed by atoms with Crippen molar-refractivity contribution in [2.75, 3.05) is 13.6 Å². The number of aromatic carboxylic acids is 1. The lowest BCUT2D eigenvalue weighted by Crippen LogP contribution is -2.34. The molecule has 0 fully saturated rings. The summed E-state index contributed by atoms with van der Waals surface area (Å²) < 4.78 is 91.5. The van der Waals surface area contributed by atoms with Crippen molar-refractivity contribution in [3.8, 4) is 28.8 Å². The number of aromatic nitrogens is 3. The number of fused-ring (bicyclic) bond motifs is 2. The average molecular weight is 619 g/mol. The van der Waals surface area contributed by atoms with E-state index < -0.39 is 36.3 Å². The van der Waals surface area contributed by atoms with E-state index in [1.807, 2.05) is 0 Å². The van der Waals surface area contributed by atoms with Crippen LogP contribution in [0.25, 0.3) is 5.69 Å². The van der Waals surface area contributed by atoms with Crippen LogP contribution in [-0.4, -0.2) is 50.6 Å². The predicted octanol–water partition coefficient (Wildman–Crippen LogP) is 6.01. The Balaban J connectivity index is 1.33. The first-order chi connectivity index (χ1) is 20.8. The first-order valence-electron chi connectivity index (χ1n) is 13.2. The first kappa shape index (κ1) is 29.2. The molecule has 2 aromatic heterocycles. The van der Waals surface area contributed by atoms with Crippen LogP contribution in [0.2, 0.25) is 0 Å². The Hall–Kier alpha value is -4.92. The van der Waals surface area contributed by atoms with Crippen molar-refractivity contribution in [2.24, 2.45) is 0 Å². The largest absolute Gasteiger partial charge is 0.586 e. The highest BCUT2D eigenvalue weighted by Gasteiger charge is 2.44. The maximum absolute atomic E-state index is 14.2. The van der Waals surface area contributed by atoms with Gasteiger partial charge in [-0.05, 0) is 62.0 Å². The van der Waals surface area contributed by atoms with Crippen LogP contribution in [0.4, 0.5) is 22.0 Å². The highest BCUT2D eigenvalue weighted by Crippen LogP contribution is 2.43. The summed E-state index contributed by atoms with van der Waals surface area (Å²) in [7, 11) is 1.65. The second-order valence-corrected chi connectivity index (χ2v) is 10.2. The van der Waals surface area contributed by atoms with Gasteiger partial charge in [0.1, 0.15) is 11.9 Å². The molecule has 0 bridgehead atoms. The van der Waals surface area contributed by atoms with E-state index >= 15 is 0 Å². The minimum Gasteiger partial charge on any atom is -0.483 e. The Kier molecular flexibility index (Phi) is 7.07. The number of hydrogen-bond acceptors (Lipinski definition) is 8. The number of carbonyl (C=O) groups is 1. The molecular weight excluding hydrogens is 595 g/mol. The van der Waals surface area contributed by atoms with Crippen LogP contribution in [-0.2, 0) is 12.7 Å². The van der Waals surface area contributed by atoms with E-state index in [0.717, 1.165) is 4.68 Å². The zero-order valence-corrected chi connectivity index (χ0v) is 23.0. The molecule has 0 saturated heterocycles. The van der Waals surface area contributed by atoms with Gasteiger partial charge in [0.25, 0.3) is 0 Å². The van der Waals surface area contributed by atoms with E-state index in [9.17, 15) is 31.9 Å². The van der Waals surface area contributed by atoms with Crippen LogP contribution in [0.3, 0.4) is 0 Å². The summed E-state index contributed by atoms with van der Waals surface area (Å²) in [5, 5.41) is 13.1. The molecule has 230 valence electrons. The molecule has 4 aromatic rings. The molecule has 0 spiro atoms. The number of alkyl halides is 5. The van der Waals surface area contributed by atoms with Crippen molar-refractivity contribution in [3.63, 3.8) is 0 Å². The van der Waals surface area contributed by atoms with Gasteiger partial charge in [0, 0.05) is 30.9 Å². The molecular formula is C29H23F5N4O6. The molecule has 2 aliphatic heterocycles. The number of halogens is 5. The number of carboxylic acids is 1. The van der Waals surface area contributed by atoms with Crippen LogP contribution in [0, 0.1) is 0 Å². The Morgan fingerprint density at radius 3 is 2.52 bits per heavy atom. The van der Waals surface area contributed by atoms with Crippen LogP contribution in [0.15, 0.2) is 60.8 Å². The fourth-order valence-electron chi connectivity index (χ4n) is 5.07. The maximum atomic E-state index is 14.2. The molecule has 0 aliphatic carbocycles. The van der Waals surface area contributed by atoms with E-state index in [-0.39, 0.29) is 58.7 Å². The fraction of sp³-hybridized carbons (Fsp3) is 0.276. The average Bonchev–Trinajstić information content (AvgIpc) is 3.49. The number of ether oxygens (including phenoxy) is 4. The second-order valence-electron chi connectivity index (χ2n) is 10.2. The molecule has 15 heteroatoms. The second kappa shape index (κ2) is 10.7. The molecule has 4 heterocycles. The van der Waals surface area contributed by atoms with Gasteiger partial charge in [0.15, 0.2) is 23.3 Å². The van der Waals surface area contributed by atoms with Gasteiger partial charge in [-0.1, -0.05) is 6.07 Å². The molecule has 44 heavy (non-hydrogen) atoms. The highest BCUT2D eigenvalue weighted by atomic mass is 19.4. The summed E-state index contributed by atoms with van der Waals surface area (Å²) in [5.74, 6) is -1.13. The van der Waals surface area contributed by atoms with Gasteiger partial charge in [0.05, 0.1) is 16.9 Å². The number of pyridine rings is 1. The summed E-state index contributed by atoms with van der Waals surface area (Å²) in [6, 6.07) is 12.6. The van der Waals surface area contributed by atoms with Gasteiger partial charge in [-0.3, -0.25) is 4.90 Å². The van der Waals surface area contributed by atoms with Crippen molar-refractivity contribution in [1.82, 2.24) is 19.7 Å². The Morgan fingerprint density at radius 1 is 1.09 bits per heavy atom. The SMILES string of the molecule is C[C@H](Oc1cc(-n2nc(C(F)(F)F)c3c2[C@@H](Oc2ccc(C(=O)O)cc2)CN(C)C3)ccn1)c1ccc2c(c1)OC(F)(F)O2. The topological polar surface area (TPSA) is 108 Å². The lowest BCUT2D eigenvalue weighted by Gasteiger charge is -2.31. The van der Waals surface area contributed by atoms with Crippen molar-refractivity contribution in [3.05, 3.63) is 88.9 Å². The summed E-state index contributed by atoms with van der Waals surface area (Å²) in [5.41, 5.74) is -0.279. The number of carboxylic acid groups (broad SMARTS) is 1. The van der Waals surface area contributed by atoms with Crippen LogP contribution in [0.5, 0.6) is 23.1 Å². The zero-order chi connectivity index (χ0) is 31.4. The lowest BCUT2D eigenvalue weighted by atomic mass is 10.0. The monoisotopic (exact) mass is 618 g/mol. The molecule has 6 rings (SSSR count). The summed E-state index contributed by atoms with van der Waals surface area (Å²) in [4.78, 5) is 17.1. The fourth-order valence-corrected chi connectivity index (χ4v) is 5.07. The van der Waals surface area contributed by atoms with E-state index in [0.29, 0.717) is 5.56 Å². The smallest absolute Gasteiger partial charge is 0.483 e. The van der Waals surface area contributed by atoms with Crippen molar-refractivity contribution < 1.29 is 50.8 Å². The van der Waals surface area contributed by atoms with Gasteiger partial charge in [-0.2, -0.15) is 18.3 Å². The number of nitrogens with zero attached hydrogens (tertiary/aromatic N) is 4. The Morgan fingerprint density at radius 2 is 1.82 bits per heavy atom. The Bertz CT molecular complexity index is 1730. The molecule has 0 saturated carbocycles. The van der Waals surface area contributed by atoms with Gasteiger partial charge in [-0.25, -0.2) is 14.5 Å². The standard InChI is InChI=1S/C29H23F5N4O6/c1-15(17-5-8-21-22(11-17)44-29(33,34)43-21)41-24-12-18(9-10-35-24)38-25-20(26(36-38)28(30,31)32)13-37(2)14-23(25)42-19-6-3-16(4-7-19)27(39)40/h3-12,15,23H,13-14H2,1-2H3,(H,39,40)/t15-,23-/m0/s1. The summed E-state index contributed by atoms with van der Waals surface area (Å²) in [6.45, 7) is 1.80. The van der Waals surface area contributed by atoms with E-state index in [4.69, 9.17) is 9.47 Å². The lowest BCUT2D eigenvalue weighted by molar-refractivity contribution is -0.286. The maximum Gasteiger partial charge on any atom is 0.586 e. The van der Waals surface area contributed by atoms with Gasteiger partial charge >= 0.3 is 18.4 Å². The van der Waals surface area contributed by atoms with Crippen molar-refractivity contribution in [2.45, 2.75) is 38.1 Å². The molecule has 0 amide bonds. The number of hydrogen-bond donors (Lipinski definition) is 1.